The minimum atomic E-state index is -0.0957. The average molecular weight is 115 g/mol. The maximum absolute atomic E-state index is 10.3. The molecule has 1 rings (SSSR count). The van der Waals surface area contributed by atoms with Crippen LogP contribution >= 0.6 is 11.6 Å². The summed E-state index contributed by atoms with van der Waals surface area (Å²) in [7, 11) is 0. The Labute approximate surface area is 46.3 Å². The Morgan fingerprint density at radius 3 is 2.43 bits per heavy atom. The highest BCUT2D eigenvalue weighted by Crippen LogP contribution is 2.09. The minimum Gasteiger partial charge on any atom is -0.288 e. The van der Waals surface area contributed by atoms with Gasteiger partial charge in [0, 0.05) is 0 Å². The first-order chi connectivity index (χ1) is 3.30. The van der Waals surface area contributed by atoms with Crippen molar-refractivity contribution in [3.05, 3.63) is 23.3 Å². The highest BCUT2D eigenvalue weighted by molar-refractivity contribution is 6.45. The van der Waals surface area contributed by atoms with Crippen molar-refractivity contribution in [3.8, 4) is 0 Å². The molecule has 0 unspecified atom stereocenters. The van der Waals surface area contributed by atoms with Gasteiger partial charge in [0.2, 0.25) is 0 Å². The maximum atomic E-state index is 10.3. The molecule has 0 saturated heterocycles. The van der Waals surface area contributed by atoms with E-state index in [2.05, 4.69) is 0 Å². The molecule has 0 spiro atoms. The van der Waals surface area contributed by atoms with Gasteiger partial charge in [-0.1, -0.05) is 17.7 Å². The van der Waals surface area contributed by atoms with E-state index < -0.39 is 0 Å². The highest BCUT2D eigenvalue weighted by atomic mass is 35.5. The quantitative estimate of drug-likeness (QED) is 0.463. The summed E-state index contributed by atoms with van der Waals surface area (Å²) < 4.78 is 0. The van der Waals surface area contributed by atoms with Crippen LogP contribution in [0.5, 0.6) is 0 Å². The molecule has 0 atom stereocenters. The molecule has 0 heterocycles. The van der Waals surface area contributed by atoms with Crippen molar-refractivity contribution in [2.45, 2.75) is 0 Å². The summed E-state index contributed by atoms with van der Waals surface area (Å²) in [6.07, 6.45) is 4.64. The summed E-state index contributed by atoms with van der Waals surface area (Å²) in [5, 5.41) is 0.306. The summed E-state index contributed by atoms with van der Waals surface area (Å²) >= 11 is 5.31. The molecule has 0 aromatic rings. The first-order valence-corrected chi connectivity index (χ1v) is 2.27. The molecule has 2 heteroatoms. The van der Waals surface area contributed by atoms with E-state index in [1.165, 1.54) is 6.08 Å². The van der Waals surface area contributed by atoms with Gasteiger partial charge in [0.15, 0.2) is 5.78 Å². The third-order valence-corrected chi connectivity index (χ3v) is 1.04. The van der Waals surface area contributed by atoms with Crippen LogP contribution in [0.1, 0.15) is 0 Å². The molecule has 7 heavy (non-hydrogen) atoms. The predicted molar refractivity (Wildman–Crippen MR) is 28.1 cm³/mol. The van der Waals surface area contributed by atoms with E-state index in [4.69, 9.17) is 11.6 Å². The zero-order valence-corrected chi connectivity index (χ0v) is 4.27. The molecule has 0 N–H and O–H groups in total. The number of hydrogen-bond donors (Lipinski definition) is 0. The normalized spacial score (nSPS) is 17.9. The molecule has 0 aromatic carbocycles. The SMILES string of the molecule is O=C1C=CC=C1Cl. The lowest BCUT2D eigenvalue weighted by molar-refractivity contribution is -0.110. The van der Waals surface area contributed by atoms with Gasteiger partial charge in [-0.2, -0.15) is 0 Å². The Hall–Kier alpha value is -0.560. The fourth-order valence-corrected chi connectivity index (χ4v) is 0.517. The van der Waals surface area contributed by atoms with E-state index in [1.54, 1.807) is 12.2 Å². The zero-order chi connectivity index (χ0) is 5.28. The second-order valence-corrected chi connectivity index (χ2v) is 1.65. The Morgan fingerprint density at radius 1 is 1.57 bits per heavy atom. The summed E-state index contributed by atoms with van der Waals surface area (Å²) in [5.74, 6) is -0.0957. The second-order valence-electron chi connectivity index (χ2n) is 1.24. The van der Waals surface area contributed by atoms with Crippen LogP contribution in [0.4, 0.5) is 0 Å². The summed E-state index contributed by atoms with van der Waals surface area (Å²) in [4.78, 5) is 10.3. The molecule has 0 fully saturated rings. The van der Waals surface area contributed by atoms with Crippen molar-refractivity contribution in [1.82, 2.24) is 0 Å². The number of carbonyl (C=O) groups is 1. The van der Waals surface area contributed by atoms with Gasteiger partial charge in [-0.3, -0.25) is 4.79 Å². The van der Waals surface area contributed by atoms with Crippen LogP contribution in [0.3, 0.4) is 0 Å². The highest BCUT2D eigenvalue weighted by Gasteiger charge is 2.03. The summed E-state index contributed by atoms with van der Waals surface area (Å²) in [5.41, 5.74) is 0. The fourth-order valence-electron chi connectivity index (χ4n) is 0.382. The summed E-state index contributed by atoms with van der Waals surface area (Å²) in [6, 6.07) is 0. The number of ketones is 1. The molecule has 0 aliphatic heterocycles. The molecule has 0 aromatic heterocycles. The number of rotatable bonds is 0. The third kappa shape index (κ3) is 0.722. The Morgan fingerprint density at radius 2 is 2.29 bits per heavy atom. The molecule has 0 saturated carbocycles. The summed E-state index contributed by atoms with van der Waals surface area (Å²) in [6.45, 7) is 0. The van der Waals surface area contributed by atoms with Gasteiger partial charge in [-0.25, -0.2) is 0 Å². The first-order valence-electron chi connectivity index (χ1n) is 1.89. The van der Waals surface area contributed by atoms with Crippen LogP contribution in [-0.2, 0) is 4.79 Å². The number of halogens is 1. The lowest BCUT2D eigenvalue weighted by Crippen LogP contribution is -1.83. The van der Waals surface area contributed by atoms with E-state index in [1.807, 2.05) is 0 Å². The molecular formula is C5H3ClO. The standard InChI is InChI=1S/C5H3ClO/c6-4-2-1-3-5(4)7/h1-3H. The molecule has 1 aliphatic carbocycles. The molecule has 0 radical (unpaired) electrons. The van der Waals surface area contributed by atoms with Crippen LogP contribution in [0.15, 0.2) is 23.3 Å². The fraction of sp³-hybridized carbons (Fsp3) is 0. The van der Waals surface area contributed by atoms with Crippen molar-refractivity contribution >= 4 is 17.4 Å². The van der Waals surface area contributed by atoms with Crippen molar-refractivity contribution < 1.29 is 4.79 Å². The lowest BCUT2D eigenvalue weighted by atomic mass is 10.4. The van der Waals surface area contributed by atoms with Crippen LogP contribution in [0.25, 0.3) is 0 Å². The van der Waals surface area contributed by atoms with Crippen molar-refractivity contribution in [3.63, 3.8) is 0 Å². The Balaban J connectivity index is 2.89. The Kier molecular flexibility index (Phi) is 0.988. The van der Waals surface area contributed by atoms with E-state index in [9.17, 15) is 4.79 Å². The van der Waals surface area contributed by atoms with Gasteiger partial charge in [0.25, 0.3) is 0 Å². The van der Waals surface area contributed by atoms with Gasteiger partial charge >= 0.3 is 0 Å². The second kappa shape index (κ2) is 1.51. The largest absolute Gasteiger partial charge is 0.288 e. The molecule has 0 amide bonds. The van der Waals surface area contributed by atoms with E-state index in [-0.39, 0.29) is 5.78 Å². The maximum Gasteiger partial charge on any atom is 0.197 e. The molecule has 36 valence electrons. The topological polar surface area (TPSA) is 17.1 Å². The zero-order valence-electron chi connectivity index (χ0n) is 3.52. The van der Waals surface area contributed by atoms with E-state index in [0.29, 0.717) is 5.03 Å². The number of carbonyl (C=O) groups excluding carboxylic acids is 1. The average Bonchev–Trinajstić information content (AvgIpc) is 1.91. The lowest BCUT2D eigenvalue weighted by Gasteiger charge is -1.76. The van der Waals surface area contributed by atoms with Gasteiger partial charge in [0.1, 0.15) is 0 Å². The van der Waals surface area contributed by atoms with Crippen LogP contribution in [-0.4, -0.2) is 5.78 Å². The van der Waals surface area contributed by atoms with E-state index >= 15 is 0 Å². The van der Waals surface area contributed by atoms with Crippen molar-refractivity contribution in [2.75, 3.05) is 0 Å². The van der Waals surface area contributed by atoms with Crippen LogP contribution in [0, 0.1) is 0 Å². The van der Waals surface area contributed by atoms with Crippen LogP contribution < -0.4 is 0 Å². The minimum absolute atomic E-state index is 0.0957. The predicted octanol–water partition coefficient (Wildman–Crippen LogP) is 1.25. The van der Waals surface area contributed by atoms with Gasteiger partial charge in [-0.15, -0.1) is 0 Å². The van der Waals surface area contributed by atoms with Crippen molar-refractivity contribution in [2.24, 2.45) is 0 Å². The molecule has 1 aliphatic rings. The van der Waals surface area contributed by atoms with Gasteiger partial charge in [0.05, 0.1) is 5.03 Å². The monoisotopic (exact) mass is 114 g/mol. The third-order valence-electron chi connectivity index (χ3n) is 0.726. The van der Waals surface area contributed by atoms with Gasteiger partial charge < -0.3 is 0 Å². The molecule has 0 bridgehead atoms. The smallest absolute Gasteiger partial charge is 0.197 e. The molecular weight excluding hydrogens is 112 g/mol. The van der Waals surface area contributed by atoms with E-state index in [0.717, 1.165) is 0 Å². The van der Waals surface area contributed by atoms with Crippen LogP contribution in [0.2, 0.25) is 0 Å². The number of allylic oxidation sites excluding steroid dienone is 4. The Bertz CT molecular complexity index is 155. The number of hydrogen-bond acceptors (Lipinski definition) is 1. The van der Waals surface area contributed by atoms with Crippen molar-refractivity contribution in [1.29, 1.82) is 0 Å². The van der Waals surface area contributed by atoms with Gasteiger partial charge in [-0.05, 0) is 12.2 Å². The molecule has 1 nitrogen and oxygen atoms in total. The first kappa shape index (κ1) is 4.60.